The fourth-order valence-electron chi connectivity index (χ4n) is 3.97. The zero-order valence-corrected chi connectivity index (χ0v) is 22.3. The second-order valence-electron chi connectivity index (χ2n) is 9.32. The molecular weight excluding hydrogens is 482 g/mol. The van der Waals surface area contributed by atoms with Crippen LogP contribution in [0.1, 0.15) is 38.3 Å². The molecule has 1 heterocycles. The summed E-state index contributed by atoms with van der Waals surface area (Å²) in [5.41, 5.74) is 2.14. The molecule has 0 fully saturated rings. The van der Waals surface area contributed by atoms with Gasteiger partial charge in [0.15, 0.2) is 11.5 Å². The van der Waals surface area contributed by atoms with Crippen LogP contribution in [0.15, 0.2) is 42.5 Å². The van der Waals surface area contributed by atoms with Crippen LogP contribution in [0.25, 0.3) is 0 Å². The summed E-state index contributed by atoms with van der Waals surface area (Å²) in [6.45, 7) is 8.01. The predicted molar refractivity (Wildman–Crippen MR) is 138 cm³/mol. The molecule has 0 spiro atoms. The molecule has 0 aromatic heterocycles. The molecule has 1 N–H and O–H groups in total. The molecule has 3 rings (SSSR count). The Labute approximate surface area is 213 Å². The van der Waals surface area contributed by atoms with Crippen LogP contribution >= 0.6 is 0 Å². The number of sulfonamides is 1. The number of carbonyl (C=O) groups is 2. The lowest BCUT2D eigenvalue weighted by Gasteiger charge is -2.33. The number of ether oxygens (including phenoxy) is 2. The van der Waals surface area contributed by atoms with Gasteiger partial charge in [0.05, 0.1) is 11.9 Å². The Morgan fingerprint density at radius 3 is 2.42 bits per heavy atom. The number of benzene rings is 2. The second kappa shape index (κ2) is 11.6. The van der Waals surface area contributed by atoms with Gasteiger partial charge in [0.25, 0.3) is 0 Å². The standard InChI is InChI=1S/C26H35N3O6S/c1-6-22(26(31)27-14-18(2)3)28(15-20-10-8-7-9-19(20)4)25(30)16-29(36(5,32)33)21-11-12-23-24(13-21)35-17-34-23/h7-13,18,22H,6,14-17H2,1-5H3,(H,27,31). The summed E-state index contributed by atoms with van der Waals surface area (Å²) in [5, 5.41) is 2.92. The third-order valence-electron chi connectivity index (χ3n) is 6.00. The van der Waals surface area contributed by atoms with Crippen LogP contribution in [-0.2, 0) is 26.2 Å². The maximum absolute atomic E-state index is 13.7. The highest BCUT2D eigenvalue weighted by Gasteiger charge is 2.32. The third kappa shape index (κ3) is 6.69. The summed E-state index contributed by atoms with van der Waals surface area (Å²) in [6, 6.07) is 11.6. The first kappa shape index (κ1) is 27.3. The zero-order chi connectivity index (χ0) is 26.5. The van der Waals surface area contributed by atoms with Crippen LogP contribution in [0, 0.1) is 12.8 Å². The molecule has 2 amide bonds. The Balaban J connectivity index is 1.94. The van der Waals surface area contributed by atoms with Crippen molar-refractivity contribution in [3.8, 4) is 11.5 Å². The topological polar surface area (TPSA) is 105 Å². The Morgan fingerprint density at radius 1 is 1.08 bits per heavy atom. The van der Waals surface area contributed by atoms with Crippen molar-refractivity contribution in [2.75, 3.05) is 30.4 Å². The van der Waals surface area contributed by atoms with Crippen LogP contribution in [0.4, 0.5) is 5.69 Å². The smallest absolute Gasteiger partial charge is 0.244 e. The monoisotopic (exact) mass is 517 g/mol. The van der Waals surface area contributed by atoms with Gasteiger partial charge in [-0.2, -0.15) is 0 Å². The van der Waals surface area contributed by atoms with E-state index in [9.17, 15) is 18.0 Å². The molecule has 2 aromatic carbocycles. The van der Waals surface area contributed by atoms with Crippen LogP contribution < -0.4 is 19.1 Å². The highest BCUT2D eigenvalue weighted by Crippen LogP contribution is 2.36. The third-order valence-corrected chi connectivity index (χ3v) is 7.14. The molecule has 0 bridgehead atoms. The molecule has 2 aromatic rings. The largest absolute Gasteiger partial charge is 0.454 e. The van der Waals surface area contributed by atoms with E-state index in [1.54, 1.807) is 12.1 Å². The van der Waals surface area contributed by atoms with Crippen LogP contribution in [0.5, 0.6) is 11.5 Å². The van der Waals surface area contributed by atoms with E-state index in [-0.39, 0.29) is 30.9 Å². The van der Waals surface area contributed by atoms with Crippen molar-refractivity contribution in [2.24, 2.45) is 5.92 Å². The van der Waals surface area contributed by atoms with Crippen molar-refractivity contribution in [3.63, 3.8) is 0 Å². The average Bonchev–Trinajstić information content (AvgIpc) is 3.29. The van der Waals surface area contributed by atoms with Crippen LogP contribution in [0.2, 0.25) is 0 Å². The van der Waals surface area contributed by atoms with E-state index in [0.717, 1.165) is 21.7 Å². The summed E-state index contributed by atoms with van der Waals surface area (Å²) in [4.78, 5) is 28.3. The van der Waals surface area contributed by atoms with Gasteiger partial charge in [-0.1, -0.05) is 45.0 Å². The van der Waals surface area contributed by atoms with Gasteiger partial charge in [-0.15, -0.1) is 0 Å². The highest BCUT2D eigenvalue weighted by molar-refractivity contribution is 7.92. The van der Waals surface area contributed by atoms with Crippen molar-refractivity contribution in [3.05, 3.63) is 53.6 Å². The summed E-state index contributed by atoms with van der Waals surface area (Å²) >= 11 is 0. The number of anilines is 1. The molecule has 1 aliphatic rings. The van der Waals surface area contributed by atoms with Crippen molar-refractivity contribution in [2.45, 2.75) is 46.7 Å². The van der Waals surface area contributed by atoms with Gasteiger partial charge >= 0.3 is 0 Å². The summed E-state index contributed by atoms with van der Waals surface area (Å²) < 4.78 is 37.2. The first-order valence-electron chi connectivity index (χ1n) is 12.0. The number of hydrogen-bond donors (Lipinski definition) is 1. The lowest BCUT2D eigenvalue weighted by Crippen LogP contribution is -2.52. The van der Waals surface area contributed by atoms with Crippen molar-refractivity contribution in [1.82, 2.24) is 10.2 Å². The lowest BCUT2D eigenvalue weighted by molar-refractivity contribution is -0.140. The van der Waals surface area contributed by atoms with E-state index in [2.05, 4.69) is 5.32 Å². The molecule has 1 atom stereocenters. The maximum Gasteiger partial charge on any atom is 0.244 e. The summed E-state index contributed by atoms with van der Waals surface area (Å²) in [5.74, 6) is 0.422. The summed E-state index contributed by atoms with van der Waals surface area (Å²) in [6.07, 6.45) is 1.42. The van der Waals surface area contributed by atoms with Gasteiger partial charge in [0.2, 0.25) is 28.6 Å². The van der Waals surface area contributed by atoms with E-state index < -0.39 is 28.5 Å². The number of nitrogens with one attached hydrogen (secondary N) is 1. The van der Waals surface area contributed by atoms with Crippen molar-refractivity contribution in [1.29, 1.82) is 0 Å². The maximum atomic E-state index is 13.7. The molecule has 0 saturated heterocycles. The number of amides is 2. The second-order valence-corrected chi connectivity index (χ2v) is 11.2. The number of carbonyl (C=O) groups excluding carboxylic acids is 2. The Morgan fingerprint density at radius 2 is 1.78 bits per heavy atom. The fraction of sp³-hybridized carbons (Fsp3) is 0.462. The van der Waals surface area contributed by atoms with Gasteiger partial charge in [0.1, 0.15) is 12.6 Å². The molecule has 1 unspecified atom stereocenters. The molecule has 9 nitrogen and oxygen atoms in total. The van der Waals surface area contributed by atoms with Crippen LogP contribution in [-0.4, -0.2) is 57.3 Å². The SMILES string of the molecule is CCC(C(=O)NCC(C)C)N(Cc1ccccc1C)C(=O)CN(c1ccc2c(c1)OCO2)S(C)(=O)=O. The summed E-state index contributed by atoms with van der Waals surface area (Å²) in [7, 11) is -3.83. The zero-order valence-electron chi connectivity index (χ0n) is 21.5. The molecule has 0 saturated carbocycles. The number of hydrogen-bond acceptors (Lipinski definition) is 6. The molecule has 0 radical (unpaired) electrons. The highest BCUT2D eigenvalue weighted by atomic mass is 32.2. The molecular formula is C26H35N3O6S. The number of fused-ring (bicyclic) bond motifs is 1. The molecule has 196 valence electrons. The fourth-order valence-corrected chi connectivity index (χ4v) is 4.81. The molecule has 36 heavy (non-hydrogen) atoms. The van der Waals surface area contributed by atoms with E-state index in [1.807, 2.05) is 52.0 Å². The first-order chi connectivity index (χ1) is 17.0. The minimum Gasteiger partial charge on any atom is -0.454 e. The van der Waals surface area contributed by atoms with E-state index in [0.29, 0.717) is 24.5 Å². The van der Waals surface area contributed by atoms with Gasteiger partial charge in [-0.3, -0.25) is 13.9 Å². The van der Waals surface area contributed by atoms with Crippen LogP contribution in [0.3, 0.4) is 0 Å². The number of rotatable bonds is 11. The molecule has 10 heteroatoms. The minimum atomic E-state index is -3.83. The molecule has 0 aliphatic carbocycles. The number of aryl methyl sites for hydroxylation is 1. The normalized spacial score (nSPS) is 13.4. The van der Waals surface area contributed by atoms with Crippen molar-refractivity contribution >= 4 is 27.5 Å². The van der Waals surface area contributed by atoms with Gasteiger partial charge in [0, 0.05) is 19.2 Å². The van der Waals surface area contributed by atoms with E-state index >= 15 is 0 Å². The molecule has 1 aliphatic heterocycles. The predicted octanol–water partition coefficient (Wildman–Crippen LogP) is 3.07. The lowest BCUT2D eigenvalue weighted by atomic mass is 10.1. The quantitative estimate of drug-likeness (QED) is 0.491. The van der Waals surface area contributed by atoms with E-state index in [4.69, 9.17) is 9.47 Å². The van der Waals surface area contributed by atoms with Gasteiger partial charge < -0.3 is 19.7 Å². The average molecular weight is 518 g/mol. The first-order valence-corrected chi connectivity index (χ1v) is 13.8. The van der Waals surface area contributed by atoms with Gasteiger partial charge in [-0.05, 0) is 42.5 Å². The Kier molecular flexibility index (Phi) is 8.84. The van der Waals surface area contributed by atoms with Gasteiger partial charge in [-0.25, -0.2) is 8.42 Å². The number of nitrogens with zero attached hydrogens (tertiary/aromatic N) is 2. The van der Waals surface area contributed by atoms with E-state index in [1.165, 1.54) is 11.0 Å². The Hall–Kier alpha value is -3.27. The minimum absolute atomic E-state index is 0.0461. The van der Waals surface area contributed by atoms with Crippen molar-refractivity contribution < 1.29 is 27.5 Å². The Bertz CT molecular complexity index is 1200.